The molecule has 3 heterocycles. The van der Waals surface area contributed by atoms with Crippen molar-refractivity contribution in [2.24, 2.45) is 5.73 Å². The van der Waals surface area contributed by atoms with Crippen LogP contribution in [0.5, 0.6) is 5.75 Å². The van der Waals surface area contributed by atoms with E-state index in [4.69, 9.17) is 5.73 Å². The molecule has 18 N–H and O–H groups in total. The number of H-pyrrole nitrogens is 1. The zero-order valence-corrected chi connectivity index (χ0v) is 56.8. The van der Waals surface area contributed by atoms with Gasteiger partial charge in [0.1, 0.15) is 48.0 Å². The van der Waals surface area contributed by atoms with Gasteiger partial charge < -0.3 is 89.0 Å². The molecule has 2 aliphatic heterocycles. The molecule has 3 aromatic carbocycles. The molecule has 0 bridgehead atoms. The maximum atomic E-state index is 15.3. The highest BCUT2D eigenvalue weighted by atomic mass is 33.1. The lowest BCUT2D eigenvalue weighted by molar-refractivity contribution is -0.140. The van der Waals surface area contributed by atoms with Crippen LogP contribution < -0.4 is 48.3 Å². The van der Waals surface area contributed by atoms with E-state index in [1.165, 1.54) is 38.1 Å². The summed E-state index contributed by atoms with van der Waals surface area (Å²) >= 11 is 0. The molecule has 4 aromatic rings. The van der Waals surface area contributed by atoms with Crippen molar-refractivity contribution in [2.75, 3.05) is 103 Å². The van der Waals surface area contributed by atoms with Gasteiger partial charge in [-0.1, -0.05) is 82.3 Å². The van der Waals surface area contributed by atoms with Gasteiger partial charge in [0.25, 0.3) is 0 Å². The van der Waals surface area contributed by atoms with E-state index in [0.717, 1.165) is 21.6 Å². The van der Waals surface area contributed by atoms with Crippen molar-refractivity contribution in [1.82, 2.24) is 67.1 Å². The first-order chi connectivity index (χ1) is 47.3. The Morgan fingerprint density at radius 3 is 1.68 bits per heavy atom. The second-order valence-corrected chi connectivity index (χ2v) is 27.0. The molecular weight excluding hydrogens is 1330 g/mol. The van der Waals surface area contributed by atoms with Crippen LogP contribution in [-0.4, -0.2) is 289 Å². The second-order valence-electron chi connectivity index (χ2n) is 24.5. The highest BCUT2D eigenvalue weighted by Gasteiger charge is 2.37. The van der Waals surface area contributed by atoms with E-state index in [0.29, 0.717) is 34.0 Å². The number of aliphatic hydroxyl groups excluding tert-OH is 3. The number of aliphatic hydroxyl groups is 3. The number of unbranched alkanes of at least 4 members (excludes halogenated alkanes) is 1. The molecule has 8 amide bonds. The first-order valence-corrected chi connectivity index (χ1v) is 35.0. The first-order valence-electron chi connectivity index (χ1n) is 32.5. The molecule has 6 rings (SSSR count). The van der Waals surface area contributed by atoms with Gasteiger partial charge in [-0.15, -0.1) is 0 Å². The Morgan fingerprint density at radius 2 is 1.12 bits per heavy atom. The summed E-state index contributed by atoms with van der Waals surface area (Å²) in [5.41, 5.74) is 8.05. The zero-order valence-electron chi connectivity index (χ0n) is 55.2. The largest absolute Gasteiger partial charge is 0.508 e. The molecule has 2 aliphatic rings. The number of carboxylic acid groups (broad SMARTS) is 3. The van der Waals surface area contributed by atoms with E-state index < -0.39 is 152 Å². The van der Waals surface area contributed by atoms with Crippen LogP contribution in [0.4, 0.5) is 0 Å². The number of phenols is 1. The molecule has 10 atom stereocenters. The summed E-state index contributed by atoms with van der Waals surface area (Å²) < 4.78 is 0. The van der Waals surface area contributed by atoms with Crippen LogP contribution in [0.2, 0.25) is 0 Å². The normalized spacial score (nSPS) is 22.0. The summed E-state index contributed by atoms with van der Waals surface area (Å²) in [4.78, 5) is 163. The highest BCUT2D eigenvalue weighted by Crippen LogP contribution is 2.25. The monoisotopic (exact) mass is 1420 g/mol. The Morgan fingerprint density at radius 1 is 0.596 bits per heavy atom. The Hall–Kier alpha value is -8.45. The van der Waals surface area contributed by atoms with E-state index in [2.05, 4.69) is 47.5 Å². The summed E-state index contributed by atoms with van der Waals surface area (Å²) in [6, 6.07) is 9.21. The molecule has 32 nitrogen and oxygen atoms in total. The minimum absolute atomic E-state index is 0.0540. The third-order valence-corrected chi connectivity index (χ3v) is 19.0. The van der Waals surface area contributed by atoms with E-state index in [1.807, 2.05) is 0 Å². The van der Waals surface area contributed by atoms with Gasteiger partial charge in [0.2, 0.25) is 47.3 Å². The number of benzene rings is 3. The number of fused-ring (bicyclic) bond motifs is 1. The maximum absolute atomic E-state index is 15.3. The molecule has 542 valence electrons. The van der Waals surface area contributed by atoms with Gasteiger partial charge in [0.15, 0.2) is 0 Å². The fraction of sp³-hybridized carbons (Fsp3) is 0.523. The van der Waals surface area contributed by atoms with Crippen LogP contribution in [0.25, 0.3) is 10.9 Å². The molecule has 34 heteroatoms. The van der Waals surface area contributed by atoms with Crippen LogP contribution in [0.1, 0.15) is 49.8 Å². The number of amides is 8. The van der Waals surface area contributed by atoms with Crippen molar-refractivity contribution in [2.45, 2.75) is 113 Å². The van der Waals surface area contributed by atoms with Crippen molar-refractivity contribution in [3.63, 3.8) is 0 Å². The van der Waals surface area contributed by atoms with Gasteiger partial charge >= 0.3 is 17.9 Å². The lowest BCUT2D eigenvalue weighted by atomic mass is 10.0. The number of aromatic hydroxyl groups is 1. The standard InChI is InChI=1S/C65H92N14O18S2/c1-39(81)51(36-80)72-64(96)53-38-99-98-37-52(73-60(92)48(28-41-10-4-3-5-11-41)68-54(84)32-76-20-22-77(33-55(85)86)24-26-79(35-57(89)90)27-25-78(23-21-76)34-56(87)88)63(95)70-49(29-42-15-17-44(83)18-16-42)61(93)71-50(30-43-31-67-46-13-7-6-12-45(43)46)62(94)69-47(14-8-9-19-66)59(91)75-58(40(2)82)65(97)74-53/h3-7,10-13,15-18,31,39-40,47-53,58,67,80-83H,8-9,14,19-30,32-38,66H2,1-2H3,(H,68,84)(H,69,94)(H,70,95)(H,71,93)(H,72,96)(H,73,92)(H,74,97)(H,75,91)(H,85,86)(H,87,88)(H,89,90)/t39-,40-,47+,48-,49?,50-,51-,52+,53?,58?/m1/s1. The molecule has 1 aromatic heterocycles. The summed E-state index contributed by atoms with van der Waals surface area (Å²) in [7, 11) is 1.81. The number of aromatic nitrogens is 1. The molecule has 0 aliphatic carbocycles. The van der Waals surface area contributed by atoms with Crippen molar-refractivity contribution in [1.29, 1.82) is 0 Å². The minimum Gasteiger partial charge on any atom is -0.508 e. The number of nitrogens with one attached hydrogen (secondary N) is 9. The number of carbonyl (C=O) groups is 11. The van der Waals surface area contributed by atoms with Gasteiger partial charge in [-0.2, -0.15) is 0 Å². The fourth-order valence-corrected chi connectivity index (χ4v) is 13.4. The van der Waals surface area contributed by atoms with Gasteiger partial charge in [-0.25, -0.2) is 0 Å². The Bertz CT molecular complexity index is 3320. The number of nitrogens with zero attached hydrogens (tertiary/aromatic N) is 4. The predicted molar refractivity (Wildman–Crippen MR) is 366 cm³/mol. The Labute approximate surface area is 580 Å². The molecule has 2 saturated heterocycles. The summed E-state index contributed by atoms with van der Waals surface area (Å²) in [5.74, 6) is -11.6. The van der Waals surface area contributed by atoms with Crippen LogP contribution in [0.3, 0.4) is 0 Å². The smallest absolute Gasteiger partial charge is 0.317 e. The summed E-state index contributed by atoms with van der Waals surface area (Å²) in [6.45, 7) is 1.08. The van der Waals surface area contributed by atoms with E-state index in [9.17, 15) is 74.1 Å². The molecule has 3 unspecified atom stereocenters. The molecular formula is C65H92N14O18S2. The van der Waals surface area contributed by atoms with Crippen molar-refractivity contribution < 1.29 is 88.5 Å². The van der Waals surface area contributed by atoms with E-state index in [1.54, 1.807) is 80.4 Å². The first kappa shape index (κ1) is 79.5. The number of aliphatic carboxylic acids is 3. The molecule has 0 radical (unpaired) electrons. The van der Waals surface area contributed by atoms with Gasteiger partial charge in [0, 0.05) is 100 Å². The number of hydrogen-bond acceptors (Lipinski definition) is 22. The molecule has 0 spiro atoms. The number of carboxylic acids is 3. The molecule has 0 saturated carbocycles. The Kier molecular flexibility index (Phi) is 32.6. The van der Waals surface area contributed by atoms with Crippen LogP contribution in [0.15, 0.2) is 85.1 Å². The number of carbonyl (C=O) groups excluding carboxylic acids is 8. The van der Waals surface area contributed by atoms with Crippen LogP contribution in [-0.2, 0) is 72.0 Å². The number of nitrogens with two attached hydrogens (primary N) is 1. The third kappa shape index (κ3) is 27.0. The highest BCUT2D eigenvalue weighted by molar-refractivity contribution is 8.76. The van der Waals surface area contributed by atoms with E-state index >= 15 is 14.4 Å². The fourth-order valence-electron chi connectivity index (χ4n) is 11.1. The van der Waals surface area contributed by atoms with Crippen LogP contribution in [0, 0.1) is 0 Å². The Balaban J connectivity index is 1.40. The number of phenolic OH excluding ortho intramolecular Hbond substituents is 1. The van der Waals surface area contributed by atoms with Crippen molar-refractivity contribution in [3.05, 3.63) is 102 Å². The summed E-state index contributed by atoms with van der Waals surface area (Å²) in [5, 5.41) is 93.2. The maximum Gasteiger partial charge on any atom is 0.317 e. The molecule has 99 heavy (non-hydrogen) atoms. The predicted octanol–water partition coefficient (Wildman–Crippen LogP) is -3.47. The number of para-hydroxylation sites is 1. The number of rotatable bonds is 26. The quantitative estimate of drug-likeness (QED) is 0.0215. The van der Waals surface area contributed by atoms with E-state index in [-0.39, 0.29) is 115 Å². The lowest BCUT2D eigenvalue weighted by Gasteiger charge is -2.33. The van der Waals surface area contributed by atoms with Crippen molar-refractivity contribution >= 4 is 97.7 Å². The SMILES string of the molecule is C[C@@H](O)C1NC(=O)[C@H](CCCCN)NC(=O)[C@@H](Cc2c[nH]c3ccccc23)NC(=O)C(Cc2ccc(O)cc2)NC(=O)[C@@H](NC(=O)[C@@H](Cc2ccccc2)NC(=O)CN2CCN(CC(=O)O)CCN(CC(=O)O)CCN(CC(=O)O)CC2)CSSCC(C(=O)N[C@H](CO)[C@@H](C)O)NC1=O. The number of aromatic amines is 1. The minimum atomic E-state index is -1.77. The van der Waals surface area contributed by atoms with Crippen molar-refractivity contribution in [3.8, 4) is 5.75 Å². The zero-order chi connectivity index (χ0) is 72.1. The second kappa shape index (κ2) is 40.6. The average Bonchev–Trinajstić information content (AvgIpc) is 1.73. The van der Waals surface area contributed by atoms with Gasteiger partial charge in [-0.3, -0.25) is 72.3 Å². The van der Waals surface area contributed by atoms with Gasteiger partial charge in [-0.05, 0) is 74.5 Å². The topological polar surface area (TPSA) is 480 Å². The summed E-state index contributed by atoms with van der Waals surface area (Å²) in [6.07, 6.45) is -1.31. The van der Waals surface area contributed by atoms with Gasteiger partial charge in [0.05, 0.1) is 51.0 Å². The third-order valence-electron chi connectivity index (χ3n) is 16.6. The van der Waals surface area contributed by atoms with Crippen LogP contribution >= 0.6 is 21.6 Å². The number of hydrogen-bond donors (Lipinski definition) is 17. The molecule has 2 fully saturated rings. The average molecular weight is 1420 g/mol. The lowest BCUT2D eigenvalue weighted by Crippen LogP contribution is -2.62.